The van der Waals surface area contributed by atoms with Crippen LogP contribution in [-0.2, 0) is 4.12 Å². The topological polar surface area (TPSA) is 35.0 Å². The molecule has 2 aromatic rings. The number of hydrogen-bond acceptors (Lipinski definition) is 3. The maximum absolute atomic E-state index is 6.36. The van der Waals surface area contributed by atoms with Crippen molar-refractivity contribution in [3.63, 3.8) is 0 Å². The van der Waals surface area contributed by atoms with Gasteiger partial charge >= 0.3 is 0 Å². The van der Waals surface area contributed by atoms with Crippen LogP contribution in [0.1, 0.15) is 11.1 Å². The van der Waals surface area contributed by atoms with Gasteiger partial charge in [-0.3, -0.25) is 9.97 Å². The highest BCUT2D eigenvalue weighted by Crippen LogP contribution is 2.13. The number of pyridine rings is 2. The Morgan fingerprint density at radius 3 is 1.57 bits per heavy atom. The van der Waals surface area contributed by atoms with Gasteiger partial charge < -0.3 is 4.12 Å². The van der Waals surface area contributed by atoms with Gasteiger partial charge in [0.25, 0.3) is 16.6 Å². The SMILES string of the molecule is C[Si](C)(C#Cc1cccnc1)O[Si](C)(C)C#Cc1cccnc1. The van der Waals surface area contributed by atoms with Crippen LogP contribution in [0.15, 0.2) is 49.1 Å². The second-order valence-electron chi connectivity index (χ2n) is 6.11. The molecule has 2 heterocycles. The van der Waals surface area contributed by atoms with E-state index >= 15 is 0 Å². The van der Waals surface area contributed by atoms with Gasteiger partial charge in [0, 0.05) is 35.9 Å². The molecule has 0 aromatic carbocycles. The maximum Gasteiger partial charge on any atom is 0.256 e. The summed E-state index contributed by atoms with van der Waals surface area (Å²) in [6, 6.07) is 7.68. The minimum Gasteiger partial charge on any atom is -0.438 e. The van der Waals surface area contributed by atoms with Gasteiger partial charge in [0.15, 0.2) is 0 Å². The molecule has 0 radical (unpaired) electrons. The number of hydrogen-bond donors (Lipinski definition) is 0. The van der Waals surface area contributed by atoms with Gasteiger partial charge in [-0.1, -0.05) is 22.9 Å². The molecule has 0 unspecified atom stereocenters. The van der Waals surface area contributed by atoms with Crippen LogP contribution in [-0.4, -0.2) is 26.6 Å². The summed E-state index contributed by atoms with van der Waals surface area (Å²) in [7, 11) is -4.21. The van der Waals surface area contributed by atoms with Crippen molar-refractivity contribution in [3.8, 4) is 22.9 Å². The van der Waals surface area contributed by atoms with Gasteiger partial charge in [0.2, 0.25) is 0 Å². The van der Waals surface area contributed by atoms with Crippen LogP contribution < -0.4 is 0 Å². The molecule has 23 heavy (non-hydrogen) atoms. The number of rotatable bonds is 2. The molecule has 0 atom stereocenters. The third-order valence-electron chi connectivity index (χ3n) is 2.85. The van der Waals surface area contributed by atoms with Crippen molar-refractivity contribution >= 4 is 16.6 Å². The molecule has 0 aliphatic heterocycles. The molecule has 2 aromatic heterocycles. The Labute approximate surface area is 140 Å². The molecule has 0 saturated carbocycles. The quantitative estimate of drug-likeness (QED) is 0.623. The fourth-order valence-corrected chi connectivity index (χ4v) is 8.41. The molecule has 3 nitrogen and oxygen atoms in total. The Kier molecular flexibility index (Phi) is 5.51. The molecule has 0 N–H and O–H groups in total. The van der Waals surface area contributed by atoms with Gasteiger partial charge in [0.1, 0.15) is 0 Å². The van der Waals surface area contributed by atoms with Crippen molar-refractivity contribution in [1.82, 2.24) is 9.97 Å². The second kappa shape index (κ2) is 7.39. The first-order chi connectivity index (χ1) is 10.9. The third kappa shape index (κ3) is 6.21. The third-order valence-corrected chi connectivity index (χ3v) is 8.39. The molecule has 0 bridgehead atoms. The minimum absolute atomic E-state index is 0.914. The van der Waals surface area contributed by atoms with Crippen molar-refractivity contribution in [2.24, 2.45) is 0 Å². The summed E-state index contributed by atoms with van der Waals surface area (Å²) >= 11 is 0. The molecule has 0 aliphatic rings. The highest BCUT2D eigenvalue weighted by atomic mass is 28.4. The lowest BCUT2D eigenvalue weighted by Gasteiger charge is -2.25. The fraction of sp³-hybridized carbons (Fsp3) is 0.222. The summed E-state index contributed by atoms with van der Waals surface area (Å²) in [5.74, 6) is 6.34. The van der Waals surface area contributed by atoms with Crippen LogP contribution >= 0.6 is 0 Å². The maximum atomic E-state index is 6.36. The smallest absolute Gasteiger partial charge is 0.256 e. The van der Waals surface area contributed by atoms with Crippen LogP contribution in [0.3, 0.4) is 0 Å². The molecular weight excluding hydrogens is 316 g/mol. The van der Waals surface area contributed by atoms with Crippen molar-refractivity contribution < 1.29 is 4.12 Å². The average Bonchev–Trinajstić information content (AvgIpc) is 2.52. The van der Waals surface area contributed by atoms with E-state index in [0.29, 0.717) is 0 Å². The van der Waals surface area contributed by atoms with Gasteiger partial charge in [-0.05, 0) is 50.5 Å². The fourth-order valence-electron chi connectivity index (χ4n) is 2.01. The molecule has 0 saturated heterocycles. The average molecular weight is 337 g/mol. The van der Waals surface area contributed by atoms with E-state index in [0.717, 1.165) is 11.1 Å². The summed E-state index contributed by atoms with van der Waals surface area (Å²) < 4.78 is 6.36. The van der Waals surface area contributed by atoms with Crippen LogP contribution in [0.4, 0.5) is 0 Å². The lowest BCUT2D eigenvalue weighted by Crippen LogP contribution is -2.43. The molecule has 0 spiro atoms. The van der Waals surface area contributed by atoms with Crippen LogP contribution in [0.2, 0.25) is 26.2 Å². The summed E-state index contributed by atoms with van der Waals surface area (Å²) in [6.07, 6.45) is 7.02. The van der Waals surface area contributed by atoms with E-state index in [1.165, 1.54) is 0 Å². The lowest BCUT2D eigenvalue weighted by atomic mass is 10.3. The van der Waals surface area contributed by atoms with Gasteiger partial charge in [-0.2, -0.15) is 0 Å². The van der Waals surface area contributed by atoms with E-state index in [2.05, 4.69) is 59.1 Å². The van der Waals surface area contributed by atoms with Gasteiger partial charge in [-0.15, -0.1) is 0 Å². The van der Waals surface area contributed by atoms with Crippen LogP contribution in [0.5, 0.6) is 0 Å². The number of aromatic nitrogens is 2. The predicted molar refractivity (Wildman–Crippen MR) is 98.3 cm³/mol. The molecule has 116 valence electrons. The Morgan fingerprint density at radius 1 is 0.783 bits per heavy atom. The Hall–Kier alpha value is -2.19. The zero-order chi connectivity index (χ0) is 16.8. The van der Waals surface area contributed by atoms with E-state index in [1.54, 1.807) is 24.8 Å². The molecule has 0 fully saturated rings. The van der Waals surface area contributed by atoms with Crippen molar-refractivity contribution in [2.75, 3.05) is 0 Å². The molecule has 5 heteroatoms. The van der Waals surface area contributed by atoms with E-state index in [-0.39, 0.29) is 0 Å². The highest BCUT2D eigenvalue weighted by molar-refractivity contribution is 6.92. The summed E-state index contributed by atoms with van der Waals surface area (Å²) in [5.41, 5.74) is 8.45. The minimum atomic E-state index is -2.10. The molecule has 2 rings (SSSR count). The van der Waals surface area contributed by atoms with Crippen molar-refractivity contribution in [3.05, 3.63) is 60.2 Å². The lowest BCUT2D eigenvalue weighted by molar-refractivity contribution is 0.576. The number of nitrogens with zero attached hydrogens (tertiary/aromatic N) is 2. The normalized spacial score (nSPS) is 11.0. The van der Waals surface area contributed by atoms with Gasteiger partial charge in [0.05, 0.1) is 0 Å². The standard InChI is InChI=1S/C18H20N2OSi2/c1-22(2,13-9-17-7-5-11-19-15-17)21-23(3,4)14-10-18-8-6-12-20-16-18/h5-8,11-12,15-16H,1-4H3. The zero-order valence-electron chi connectivity index (χ0n) is 13.9. The first-order valence-electron chi connectivity index (χ1n) is 7.43. The summed E-state index contributed by atoms with van der Waals surface area (Å²) in [6.45, 7) is 8.43. The van der Waals surface area contributed by atoms with E-state index < -0.39 is 16.6 Å². The summed E-state index contributed by atoms with van der Waals surface area (Å²) in [4.78, 5) is 8.15. The molecular formula is C18H20N2OSi2. The first kappa shape index (κ1) is 17.2. The van der Waals surface area contributed by atoms with Gasteiger partial charge in [-0.25, -0.2) is 0 Å². The first-order valence-corrected chi connectivity index (χ1v) is 13.2. The monoisotopic (exact) mass is 336 g/mol. The van der Waals surface area contributed by atoms with E-state index in [9.17, 15) is 0 Å². The van der Waals surface area contributed by atoms with E-state index in [1.807, 2.05) is 24.3 Å². The Balaban J connectivity index is 2.10. The van der Waals surface area contributed by atoms with Crippen molar-refractivity contribution in [1.29, 1.82) is 0 Å². The van der Waals surface area contributed by atoms with Crippen molar-refractivity contribution in [2.45, 2.75) is 26.2 Å². The molecule has 0 amide bonds. The van der Waals surface area contributed by atoms with Crippen LogP contribution in [0, 0.1) is 22.9 Å². The zero-order valence-corrected chi connectivity index (χ0v) is 15.9. The molecule has 0 aliphatic carbocycles. The highest BCUT2D eigenvalue weighted by Gasteiger charge is 2.31. The second-order valence-corrected chi connectivity index (χ2v) is 13.5. The Bertz CT molecular complexity index is 699. The summed E-state index contributed by atoms with van der Waals surface area (Å²) in [5, 5.41) is 0. The largest absolute Gasteiger partial charge is 0.438 e. The predicted octanol–water partition coefficient (Wildman–Crippen LogP) is 3.39. The van der Waals surface area contributed by atoms with Crippen LogP contribution in [0.25, 0.3) is 0 Å². The Morgan fingerprint density at radius 2 is 1.22 bits per heavy atom. The van der Waals surface area contributed by atoms with E-state index in [4.69, 9.17) is 4.12 Å².